The van der Waals surface area contributed by atoms with Crippen molar-refractivity contribution < 1.29 is 12.8 Å². The molecule has 1 N–H and O–H groups in total. The molecule has 2 atom stereocenters. The molecule has 1 aliphatic rings. The molecule has 0 aromatic carbocycles. The van der Waals surface area contributed by atoms with Crippen LogP contribution in [0.2, 0.25) is 0 Å². The minimum absolute atomic E-state index is 0.000535. The minimum Gasteiger partial charge on any atom is -0.389 e. The average Bonchev–Trinajstić information content (AvgIpc) is 2.51. The summed E-state index contributed by atoms with van der Waals surface area (Å²) in [6.07, 6.45) is 0. The molecular weight excluding hydrogens is 248 g/mol. The Hall–Kier alpha value is -0.340. The maximum absolute atomic E-state index is 7.62. The number of rotatable bonds is 3. The molecule has 0 saturated heterocycles. The third-order valence-electron chi connectivity index (χ3n) is 7.57. The Labute approximate surface area is 130 Å². The van der Waals surface area contributed by atoms with Crippen LogP contribution in [-0.4, -0.2) is 24.9 Å². The molecule has 0 saturated carbocycles. The number of hydrogen-bond acceptors (Lipinski definition) is 2. The molecule has 0 bridgehead atoms. The van der Waals surface area contributed by atoms with E-state index in [1.165, 1.54) is 11.1 Å². The smallest absolute Gasteiger partial charge is 0.211 e. The molecule has 1 rings (SSSR count). The van der Waals surface area contributed by atoms with E-state index in [1.54, 1.807) is 7.11 Å². The van der Waals surface area contributed by atoms with E-state index in [4.69, 9.17) is 14.2 Å². The Morgan fingerprint density at radius 3 is 1.90 bits per heavy atom. The number of ether oxygens (including phenoxy) is 1. The molecular formula is C18H36O2. The highest BCUT2D eigenvalue weighted by molar-refractivity contribution is 5.39. The SMILES string of the molecule is [3H]OC(C)(C)C1(C)C(C)=C(C)C(C)(C)C(C)(C)C1(C)OC.[3H][3H]. The highest BCUT2D eigenvalue weighted by atomic mass is 16.5. The topological polar surface area (TPSA) is 29.5 Å². The second-order valence-corrected chi connectivity index (χ2v) is 8.37. The van der Waals surface area contributed by atoms with Gasteiger partial charge in [-0.25, -0.2) is 0 Å². The summed E-state index contributed by atoms with van der Waals surface area (Å²) < 4.78 is 23.8. The van der Waals surface area contributed by atoms with Gasteiger partial charge in [-0.2, -0.15) is 0 Å². The molecule has 0 spiro atoms. The summed E-state index contributed by atoms with van der Waals surface area (Å²) in [5.41, 5.74) is 0.999. The fourth-order valence-electron chi connectivity index (χ4n) is 4.38. The van der Waals surface area contributed by atoms with Crippen molar-refractivity contribution in [3.05, 3.63) is 11.1 Å². The summed E-state index contributed by atoms with van der Waals surface area (Å²) in [6.45, 7) is 21.8. The van der Waals surface area contributed by atoms with Crippen LogP contribution in [0.25, 0.3) is 0 Å². The minimum atomic E-state index is -0.656. The Morgan fingerprint density at radius 2 is 1.55 bits per heavy atom. The quantitative estimate of drug-likeness (QED) is 0.755. The van der Waals surface area contributed by atoms with Crippen molar-refractivity contribution in [2.24, 2.45) is 16.2 Å². The summed E-state index contributed by atoms with van der Waals surface area (Å²) in [7, 11) is 1.78. The first-order valence-electron chi connectivity index (χ1n) is 8.97. The van der Waals surface area contributed by atoms with Crippen molar-refractivity contribution in [3.63, 3.8) is 0 Å². The molecule has 0 heterocycles. The standard InChI is InChI=1S/C18H34O2.H2/c1-12-13(2)17(9,16(7,8)19)18(10,20-11)15(5,6)14(12,3)4;/h19H,1-11H3;1H/i19T;1+2T. The van der Waals surface area contributed by atoms with Gasteiger partial charge in [-0.1, -0.05) is 45.8 Å². The fourth-order valence-corrected chi connectivity index (χ4v) is 4.38. The van der Waals surface area contributed by atoms with Crippen LogP contribution < -0.4 is 0 Å². The van der Waals surface area contributed by atoms with Crippen LogP contribution in [0.5, 0.6) is 0 Å². The van der Waals surface area contributed by atoms with Crippen molar-refractivity contribution in [3.8, 4) is 0 Å². The molecule has 120 valence electrons. The van der Waals surface area contributed by atoms with Crippen LogP contribution in [0.4, 0.5) is 0 Å². The molecule has 2 heteroatoms. The van der Waals surface area contributed by atoms with Gasteiger partial charge in [0.25, 0.3) is 0 Å². The van der Waals surface area contributed by atoms with E-state index in [0.29, 0.717) is 0 Å². The summed E-state index contributed by atoms with van der Waals surface area (Å²) in [6, 6.07) is 0. The molecule has 0 amide bonds. The number of aliphatic hydroxyl groups is 1. The predicted molar refractivity (Wildman–Crippen MR) is 87.9 cm³/mol. The van der Waals surface area contributed by atoms with Gasteiger partial charge in [0.05, 0.1) is 11.2 Å². The normalized spacial score (nSPS) is 38.2. The van der Waals surface area contributed by atoms with Crippen molar-refractivity contribution in [2.45, 2.75) is 80.4 Å². The largest absolute Gasteiger partial charge is 0.389 e. The van der Waals surface area contributed by atoms with Crippen molar-refractivity contribution >= 4 is 0 Å². The van der Waals surface area contributed by atoms with Gasteiger partial charge in [-0.15, -0.1) is 0 Å². The first-order chi connectivity index (χ1) is 10.2. The van der Waals surface area contributed by atoms with Gasteiger partial charge < -0.3 is 9.85 Å². The maximum atomic E-state index is 7.62. The highest BCUT2D eigenvalue weighted by Crippen LogP contribution is 2.67. The molecule has 0 aliphatic heterocycles. The molecule has 2 nitrogen and oxygen atoms in total. The van der Waals surface area contributed by atoms with Crippen LogP contribution in [0, 0.1) is 16.2 Å². The van der Waals surface area contributed by atoms with Gasteiger partial charge in [0, 0.05) is 20.9 Å². The van der Waals surface area contributed by atoms with Crippen molar-refractivity contribution in [1.82, 2.24) is 0 Å². The Kier molecular flexibility index (Phi) is 3.16. The molecule has 0 aromatic rings. The van der Waals surface area contributed by atoms with E-state index in [-0.39, 0.29) is 10.8 Å². The number of hydrogen-bond donors (Lipinski definition) is 1. The van der Waals surface area contributed by atoms with E-state index in [0.717, 1.165) is 0 Å². The van der Waals surface area contributed by atoms with Crippen LogP contribution in [0.15, 0.2) is 11.1 Å². The molecule has 1 aliphatic carbocycles. The zero-order chi connectivity index (χ0) is 19.1. The lowest BCUT2D eigenvalue weighted by Gasteiger charge is -2.67. The summed E-state index contributed by atoms with van der Waals surface area (Å²) in [5.74, 6) is 0. The van der Waals surface area contributed by atoms with Gasteiger partial charge in [0.2, 0.25) is 1.43 Å². The van der Waals surface area contributed by atoms with Gasteiger partial charge >= 0.3 is 0 Å². The highest BCUT2D eigenvalue weighted by Gasteiger charge is 2.68. The third-order valence-corrected chi connectivity index (χ3v) is 7.57. The first-order valence-corrected chi connectivity index (χ1v) is 7.57. The van der Waals surface area contributed by atoms with Gasteiger partial charge in [-0.05, 0) is 40.0 Å². The average molecular weight is 291 g/mol. The molecule has 20 heavy (non-hydrogen) atoms. The Balaban J connectivity index is 0.00000232. The lowest BCUT2D eigenvalue weighted by Crippen LogP contribution is -2.70. The monoisotopic (exact) mass is 290 g/mol. The van der Waals surface area contributed by atoms with Crippen LogP contribution in [0.1, 0.15) is 72.2 Å². The second kappa shape index (κ2) is 4.33. The van der Waals surface area contributed by atoms with E-state index in [1.807, 2.05) is 13.8 Å². The van der Waals surface area contributed by atoms with Gasteiger partial charge in [0.1, 0.15) is 0 Å². The predicted octanol–water partition coefficient (Wildman–Crippen LogP) is 4.82. The van der Waals surface area contributed by atoms with E-state index >= 15 is 0 Å². The summed E-state index contributed by atoms with van der Waals surface area (Å²) in [5, 5.41) is 5.19. The van der Waals surface area contributed by atoms with Crippen LogP contribution in [0.3, 0.4) is 0 Å². The molecule has 0 aromatic heterocycles. The Morgan fingerprint density at radius 1 is 1.10 bits per heavy atom. The molecule has 0 fully saturated rings. The van der Waals surface area contributed by atoms with E-state index in [9.17, 15) is 0 Å². The number of allylic oxidation sites excluding steroid dienone is 1. The molecule has 2 unspecified atom stereocenters. The fraction of sp³-hybridized carbons (Fsp3) is 0.889. The van der Waals surface area contributed by atoms with Crippen molar-refractivity contribution in [2.75, 3.05) is 7.11 Å². The second-order valence-electron chi connectivity index (χ2n) is 8.37. The lowest BCUT2D eigenvalue weighted by atomic mass is 9.41. The van der Waals surface area contributed by atoms with Gasteiger partial charge in [0.15, 0.2) is 0 Å². The maximum Gasteiger partial charge on any atom is 0.211 e. The third kappa shape index (κ3) is 1.64. The van der Waals surface area contributed by atoms with E-state index in [2.05, 4.69) is 55.4 Å². The Bertz CT molecular complexity index is 469. The van der Waals surface area contributed by atoms with Gasteiger partial charge in [-0.3, -0.25) is 0 Å². The van der Waals surface area contributed by atoms with Crippen LogP contribution in [-0.2, 0) is 4.74 Å². The van der Waals surface area contributed by atoms with Crippen LogP contribution >= 0.6 is 0 Å². The zero-order valence-corrected chi connectivity index (χ0v) is 15.3. The van der Waals surface area contributed by atoms with E-state index < -0.39 is 16.6 Å². The summed E-state index contributed by atoms with van der Waals surface area (Å²) in [4.78, 5) is 0. The van der Waals surface area contributed by atoms with Crippen molar-refractivity contribution in [1.29, 1.82) is 1.43 Å². The molecule has 0 radical (unpaired) electrons. The first kappa shape index (κ1) is 14.6. The zero-order valence-electron chi connectivity index (χ0n) is 18.3. The summed E-state index contributed by atoms with van der Waals surface area (Å²) >= 11 is 0. The lowest BCUT2D eigenvalue weighted by molar-refractivity contribution is -0.242. The number of methoxy groups -OCH3 is 1.